The summed E-state index contributed by atoms with van der Waals surface area (Å²) in [5.41, 5.74) is 0. The van der Waals surface area contributed by atoms with Gasteiger partial charge in [-0.1, -0.05) is 6.92 Å². The molecule has 152 valence electrons. The van der Waals surface area contributed by atoms with Crippen LogP contribution in [0.25, 0.3) is 0 Å². The maximum atomic E-state index is 11.8. The highest BCUT2D eigenvalue weighted by Gasteiger charge is 2.34. The number of likely N-dealkylation sites (tertiary alicyclic amines) is 1. The SMILES string of the molecule is CCOC(=O)N1CCC(NC(=NCCc2ccco2)NC2CC2C)CC1.I. The molecule has 0 spiro atoms. The fraction of sp³-hybridized carbons (Fsp3) is 0.684. The van der Waals surface area contributed by atoms with Crippen LogP contribution >= 0.6 is 24.0 Å². The minimum atomic E-state index is -0.205. The summed E-state index contributed by atoms with van der Waals surface area (Å²) in [4.78, 5) is 18.3. The van der Waals surface area contributed by atoms with Crippen molar-refractivity contribution in [2.24, 2.45) is 10.9 Å². The Bertz CT molecular complexity index is 600. The number of guanidine groups is 1. The summed E-state index contributed by atoms with van der Waals surface area (Å²) in [5, 5.41) is 7.07. The minimum absolute atomic E-state index is 0. The third-order valence-electron chi connectivity index (χ3n) is 5.00. The van der Waals surface area contributed by atoms with Gasteiger partial charge in [0.2, 0.25) is 0 Å². The number of hydrogen-bond acceptors (Lipinski definition) is 4. The molecular weight excluding hydrogens is 459 g/mol. The second-order valence-corrected chi connectivity index (χ2v) is 7.13. The van der Waals surface area contributed by atoms with Crippen molar-refractivity contribution < 1.29 is 13.9 Å². The predicted octanol–water partition coefficient (Wildman–Crippen LogP) is 3.00. The number of hydrogen-bond donors (Lipinski definition) is 2. The van der Waals surface area contributed by atoms with Gasteiger partial charge in [-0.2, -0.15) is 0 Å². The summed E-state index contributed by atoms with van der Waals surface area (Å²) in [7, 11) is 0. The van der Waals surface area contributed by atoms with Crippen LogP contribution in [0.1, 0.15) is 38.9 Å². The number of ether oxygens (including phenoxy) is 1. The van der Waals surface area contributed by atoms with E-state index >= 15 is 0 Å². The zero-order valence-corrected chi connectivity index (χ0v) is 18.5. The number of aliphatic imine (C=N–C) groups is 1. The molecule has 2 atom stereocenters. The largest absolute Gasteiger partial charge is 0.469 e. The molecule has 2 heterocycles. The fourth-order valence-corrected chi connectivity index (χ4v) is 3.18. The highest BCUT2D eigenvalue weighted by Crippen LogP contribution is 2.28. The van der Waals surface area contributed by atoms with E-state index < -0.39 is 0 Å². The summed E-state index contributed by atoms with van der Waals surface area (Å²) < 4.78 is 10.5. The lowest BCUT2D eigenvalue weighted by atomic mass is 10.1. The van der Waals surface area contributed by atoms with E-state index in [2.05, 4.69) is 17.6 Å². The Morgan fingerprint density at radius 1 is 1.37 bits per heavy atom. The fourth-order valence-electron chi connectivity index (χ4n) is 3.18. The Morgan fingerprint density at radius 3 is 2.70 bits per heavy atom. The van der Waals surface area contributed by atoms with Gasteiger partial charge in [0, 0.05) is 38.1 Å². The van der Waals surface area contributed by atoms with E-state index in [0.29, 0.717) is 31.2 Å². The van der Waals surface area contributed by atoms with Crippen molar-refractivity contribution in [2.45, 2.75) is 51.6 Å². The van der Waals surface area contributed by atoms with Crippen LogP contribution in [0.4, 0.5) is 4.79 Å². The third-order valence-corrected chi connectivity index (χ3v) is 5.00. The number of nitrogens with zero attached hydrogens (tertiary/aromatic N) is 2. The first-order chi connectivity index (χ1) is 12.7. The van der Waals surface area contributed by atoms with Crippen molar-refractivity contribution >= 4 is 36.0 Å². The zero-order valence-electron chi connectivity index (χ0n) is 16.1. The highest BCUT2D eigenvalue weighted by molar-refractivity contribution is 14.0. The van der Waals surface area contributed by atoms with Crippen LogP contribution in [0, 0.1) is 5.92 Å². The van der Waals surface area contributed by atoms with E-state index in [1.165, 1.54) is 6.42 Å². The Hall–Kier alpha value is -1.45. The van der Waals surface area contributed by atoms with E-state index in [9.17, 15) is 4.79 Å². The molecule has 1 aliphatic carbocycles. The first-order valence-corrected chi connectivity index (χ1v) is 9.67. The second kappa shape index (κ2) is 10.8. The number of carbonyl (C=O) groups excluding carboxylic acids is 1. The van der Waals surface area contributed by atoms with E-state index in [1.54, 1.807) is 11.2 Å². The molecule has 0 radical (unpaired) electrons. The number of nitrogens with one attached hydrogen (secondary N) is 2. The third kappa shape index (κ3) is 6.90. The molecule has 27 heavy (non-hydrogen) atoms. The molecule has 1 saturated heterocycles. The quantitative estimate of drug-likeness (QED) is 0.364. The van der Waals surface area contributed by atoms with E-state index in [1.807, 2.05) is 19.1 Å². The van der Waals surface area contributed by atoms with Gasteiger partial charge in [-0.15, -0.1) is 24.0 Å². The summed E-state index contributed by atoms with van der Waals surface area (Å²) in [5.74, 6) is 2.54. The summed E-state index contributed by atoms with van der Waals surface area (Å²) >= 11 is 0. The Kier molecular flexibility index (Phi) is 8.72. The lowest BCUT2D eigenvalue weighted by Gasteiger charge is -2.32. The van der Waals surface area contributed by atoms with Gasteiger partial charge in [0.25, 0.3) is 0 Å². The molecule has 1 aromatic heterocycles. The Labute approximate surface area is 178 Å². The first kappa shape index (κ1) is 21.8. The lowest BCUT2D eigenvalue weighted by molar-refractivity contribution is 0.0963. The van der Waals surface area contributed by atoms with Crippen molar-refractivity contribution in [1.29, 1.82) is 0 Å². The van der Waals surface area contributed by atoms with Gasteiger partial charge < -0.3 is 24.7 Å². The van der Waals surface area contributed by atoms with Gasteiger partial charge in [-0.25, -0.2) is 4.79 Å². The van der Waals surface area contributed by atoms with Crippen molar-refractivity contribution in [3.8, 4) is 0 Å². The summed E-state index contributed by atoms with van der Waals surface area (Å²) in [6, 6.07) is 4.72. The molecule has 2 N–H and O–H groups in total. The summed E-state index contributed by atoms with van der Waals surface area (Å²) in [6.07, 6.45) is 5.28. The van der Waals surface area contributed by atoms with E-state index in [4.69, 9.17) is 14.1 Å². The van der Waals surface area contributed by atoms with Crippen molar-refractivity contribution in [2.75, 3.05) is 26.2 Å². The van der Waals surface area contributed by atoms with Crippen molar-refractivity contribution in [3.05, 3.63) is 24.2 Å². The zero-order chi connectivity index (χ0) is 18.4. The highest BCUT2D eigenvalue weighted by atomic mass is 127. The molecule has 2 fully saturated rings. The van der Waals surface area contributed by atoms with Crippen LogP contribution in [0.15, 0.2) is 27.8 Å². The molecule has 1 saturated carbocycles. The standard InChI is InChI=1S/C19H30N4O3.HI/c1-3-25-19(24)23-10-7-15(8-11-23)21-18(22-17-13-14(17)2)20-9-6-16-5-4-12-26-16;/h4-5,12,14-15,17H,3,6-11,13H2,1-2H3,(H2,20,21,22);1H. The molecule has 1 aromatic rings. The number of furan rings is 1. The molecule has 8 heteroatoms. The van der Waals surface area contributed by atoms with Crippen LogP contribution < -0.4 is 10.6 Å². The number of piperidine rings is 1. The second-order valence-electron chi connectivity index (χ2n) is 7.13. The monoisotopic (exact) mass is 490 g/mol. The minimum Gasteiger partial charge on any atom is -0.469 e. The molecule has 0 bridgehead atoms. The smallest absolute Gasteiger partial charge is 0.409 e. The normalized spacial score (nSPS) is 22.7. The van der Waals surface area contributed by atoms with Gasteiger partial charge in [0.15, 0.2) is 5.96 Å². The molecule has 2 aliphatic rings. The van der Waals surface area contributed by atoms with Crippen molar-refractivity contribution in [3.63, 3.8) is 0 Å². The van der Waals surface area contributed by atoms with Gasteiger partial charge in [0.05, 0.1) is 12.9 Å². The number of amides is 1. The molecule has 7 nitrogen and oxygen atoms in total. The van der Waals surface area contributed by atoms with Crippen LogP contribution in [0.3, 0.4) is 0 Å². The van der Waals surface area contributed by atoms with Crippen molar-refractivity contribution in [1.82, 2.24) is 15.5 Å². The van der Waals surface area contributed by atoms with E-state index in [0.717, 1.165) is 44.1 Å². The molecule has 0 aromatic carbocycles. The molecule has 2 unspecified atom stereocenters. The Balaban J connectivity index is 0.00000261. The Morgan fingerprint density at radius 2 is 2.11 bits per heavy atom. The van der Waals surface area contributed by atoms with E-state index in [-0.39, 0.29) is 30.1 Å². The molecule has 1 aliphatic heterocycles. The van der Waals surface area contributed by atoms with Gasteiger partial charge in [-0.3, -0.25) is 4.99 Å². The summed E-state index contributed by atoms with van der Waals surface area (Å²) in [6.45, 7) is 6.63. The lowest BCUT2D eigenvalue weighted by Crippen LogP contribution is -2.50. The topological polar surface area (TPSA) is 79.1 Å². The van der Waals surface area contributed by atoms with Crippen LogP contribution in [-0.4, -0.2) is 55.3 Å². The number of rotatable bonds is 6. The van der Waals surface area contributed by atoms with Crippen LogP contribution in [0.5, 0.6) is 0 Å². The van der Waals surface area contributed by atoms with Gasteiger partial charge >= 0.3 is 6.09 Å². The predicted molar refractivity (Wildman–Crippen MR) is 116 cm³/mol. The average Bonchev–Trinajstić information content (AvgIpc) is 3.09. The van der Waals surface area contributed by atoms with Gasteiger partial charge in [-0.05, 0) is 44.2 Å². The molecular formula is C19H31IN4O3. The first-order valence-electron chi connectivity index (χ1n) is 9.67. The average molecular weight is 490 g/mol. The maximum absolute atomic E-state index is 11.8. The molecule has 1 amide bonds. The number of carbonyl (C=O) groups is 1. The maximum Gasteiger partial charge on any atom is 0.409 e. The number of halogens is 1. The van der Waals surface area contributed by atoms with Crippen LogP contribution in [-0.2, 0) is 11.2 Å². The van der Waals surface area contributed by atoms with Crippen LogP contribution in [0.2, 0.25) is 0 Å². The van der Waals surface area contributed by atoms with Gasteiger partial charge in [0.1, 0.15) is 5.76 Å². The molecule has 3 rings (SSSR count).